The molecule has 0 saturated carbocycles. The Kier molecular flexibility index (Phi) is 2.60. The zero-order valence-corrected chi connectivity index (χ0v) is 8.49. The lowest BCUT2D eigenvalue weighted by molar-refractivity contribution is 0.0211. The van der Waals surface area contributed by atoms with Crippen LogP contribution in [-0.4, -0.2) is 30.3 Å². The normalized spacial score (nSPS) is 15.8. The lowest BCUT2D eigenvalue weighted by Crippen LogP contribution is -2.40. The molecule has 4 heteroatoms. The molecule has 80 valence electrons. The highest BCUT2D eigenvalue weighted by atomic mass is 16.5. The molecule has 0 radical (unpaired) electrons. The molecule has 4 nitrogen and oxygen atoms in total. The highest BCUT2D eigenvalue weighted by molar-refractivity contribution is 5.91. The van der Waals surface area contributed by atoms with Crippen molar-refractivity contribution >= 4 is 11.7 Å². The molecular weight excluding hydrogens is 194 g/mol. The van der Waals surface area contributed by atoms with Crippen LogP contribution in [0.15, 0.2) is 18.2 Å². The lowest BCUT2D eigenvalue weighted by Gasteiger charge is -2.28. The second kappa shape index (κ2) is 3.90. The van der Waals surface area contributed by atoms with Gasteiger partial charge in [-0.15, -0.1) is 0 Å². The van der Waals surface area contributed by atoms with Crippen LogP contribution in [-0.2, 0) is 4.74 Å². The predicted octanol–water partition coefficient (Wildman–Crippen LogP) is 1.50. The number of rotatable bonds is 3. The van der Waals surface area contributed by atoms with E-state index in [0.29, 0.717) is 24.8 Å². The molecule has 0 bridgehead atoms. The van der Waals surface area contributed by atoms with E-state index < -0.39 is 5.97 Å². The maximum Gasteiger partial charge on any atom is 0.336 e. The molecule has 1 aliphatic heterocycles. The first-order valence-electron chi connectivity index (χ1n) is 4.85. The van der Waals surface area contributed by atoms with Gasteiger partial charge in [0.05, 0.1) is 24.8 Å². The van der Waals surface area contributed by atoms with Gasteiger partial charge in [0.25, 0.3) is 0 Å². The number of benzene rings is 1. The number of ether oxygens (including phenoxy) is 1. The van der Waals surface area contributed by atoms with Gasteiger partial charge in [0.15, 0.2) is 0 Å². The Morgan fingerprint density at radius 1 is 1.53 bits per heavy atom. The molecule has 0 atom stereocenters. The summed E-state index contributed by atoms with van der Waals surface area (Å²) in [5.41, 5.74) is 2.00. The van der Waals surface area contributed by atoms with Gasteiger partial charge in [-0.05, 0) is 24.6 Å². The molecule has 1 heterocycles. The minimum absolute atomic E-state index is 0.313. The Hall–Kier alpha value is -1.55. The Morgan fingerprint density at radius 2 is 2.27 bits per heavy atom. The van der Waals surface area contributed by atoms with Gasteiger partial charge in [-0.1, -0.05) is 6.07 Å². The van der Waals surface area contributed by atoms with Crippen molar-refractivity contribution in [2.75, 3.05) is 18.5 Å². The van der Waals surface area contributed by atoms with Crippen molar-refractivity contribution in [3.63, 3.8) is 0 Å². The second-order valence-electron chi connectivity index (χ2n) is 3.66. The number of carboxylic acid groups (broad SMARTS) is 1. The highest BCUT2D eigenvalue weighted by Crippen LogP contribution is 2.21. The summed E-state index contributed by atoms with van der Waals surface area (Å²) in [5, 5.41) is 12.2. The minimum atomic E-state index is -0.888. The van der Waals surface area contributed by atoms with Gasteiger partial charge in [-0.3, -0.25) is 0 Å². The molecule has 0 aliphatic carbocycles. The molecule has 0 aromatic heterocycles. The molecule has 15 heavy (non-hydrogen) atoms. The summed E-state index contributed by atoms with van der Waals surface area (Å²) in [5.74, 6) is -0.888. The van der Waals surface area contributed by atoms with Crippen LogP contribution in [0.3, 0.4) is 0 Å². The molecule has 1 saturated heterocycles. The molecule has 1 aliphatic rings. The van der Waals surface area contributed by atoms with Crippen LogP contribution < -0.4 is 5.32 Å². The van der Waals surface area contributed by atoms with Gasteiger partial charge in [0.2, 0.25) is 0 Å². The van der Waals surface area contributed by atoms with Crippen LogP contribution in [0.25, 0.3) is 0 Å². The third-order valence-electron chi connectivity index (χ3n) is 2.56. The molecule has 0 amide bonds. The quantitative estimate of drug-likeness (QED) is 0.788. The van der Waals surface area contributed by atoms with Crippen molar-refractivity contribution < 1.29 is 14.6 Å². The number of anilines is 1. The van der Waals surface area contributed by atoms with E-state index in [1.165, 1.54) is 0 Å². The average molecular weight is 207 g/mol. The van der Waals surface area contributed by atoms with E-state index in [9.17, 15) is 4.79 Å². The molecule has 1 aromatic rings. The standard InChI is InChI=1S/C11H13NO3/c1-7-9(11(13)14)3-2-4-10(7)12-8-5-15-6-8/h2-4,8,12H,5-6H2,1H3,(H,13,14). The molecular formula is C11H13NO3. The Morgan fingerprint density at radius 3 is 2.80 bits per heavy atom. The molecule has 1 aromatic carbocycles. The van der Waals surface area contributed by atoms with Crippen LogP contribution in [0, 0.1) is 6.92 Å². The van der Waals surface area contributed by atoms with E-state index in [0.717, 1.165) is 11.3 Å². The monoisotopic (exact) mass is 207 g/mol. The predicted molar refractivity (Wildman–Crippen MR) is 56.4 cm³/mol. The van der Waals surface area contributed by atoms with E-state index in [4.69, 9.17) is 9.84 Å². The topological polar surface area (TPSA) is 58.6 Å². The van der Waals surface area contributed by atoms with E-state index in [-0.39, 0.29) is 0 Å². The van der Waals surface area contributed by atoms with Crippen molar-refractivity contribution in [1.29, 1.82) is 0 Å². The van der Waals surface area contributed by atoms with Gasteiger partial charge in [-0.2, -0.15) is 0 Å². The van der Waals surface area contributed by atoms with Gasteiger partial charge in [-0.25, -0.2) is 4.79 Å². The van der Waals surface area contributed by atoms with Gasteiger partial charge in [0.1, 0.15) is 0 Å². The van der Waals surface area contributed by atoms with E-state index >= 15 is 0 Å². The van der Waals surface area contributed by atoms with Crippen molar-refractivity contribution in [3.8, 4) is 0 Å². The van der Waals surface area contributed by atoms with Crippen molar-refractivity contribution in [2.24, 2.45) is 0 Å². The number of hydrogen-bond acceptors (Lipinski definition) is 3. The molecule has 2 rings (SSSR count). The maximum absolute atomic E-state index is 10.9. The summed E-state index contributed by atoms with van der Waals surface area (Å²) in [6.45, 7) is 3.19. The van der Waals surface area contributed by atoms with Gasteiger partial charge >= 0.3 is 5.97 Å². The average Bonchev–Trinajstić information content (AvgIpc) is 2.13. The largest absolute Gasteiger partial charge is 0.478 e. The first-order valence-corrected chi connectivity index (χ1v) is 4.85. The van der Waals surface area contributed by atoms with Gasteiger partial charge < -0.3 is 15.2 Å². The lowest BCUT2D eigenvalue weighted by atomic mass is 10.1. The summed E-state index contributed by atoms with van der Waals surface area (Å²) in [4.78, 5) is 10.9. The van der Waals surface area contributed by atoms with Crippen molar-refractivity contribution in [3.05, 3.63) is 29.3 Å². The van der Waals surface area contributed by atoms with E-state index in [1.54, 1.807) is 12.1 Å². The summed E-state index contributed by atoms with van der Waals surface area (Å²) >= 11 is 0. The number of carbonyl (C=O) groups is 1. The van der Waals surface area contributed by atoms with Crippen LogP contribution >= 0.6 is 0 Å². The number of aromatic carboxylic acids is 1. The summed E-state index contributed by atoms with van der Waals surface area (Å²) in [6.07, 6.45) is 0. The Bertz CT molecular complexity index is 385. The maximum atomic E-state index is 10.9. The number of hydrogen-bond donors (Lipinski definition) is 2. The molecule has 2 N–H and O–H groups in total. The van der Waals surface area contributed by atoms with E-state index in [2.05, 4.69) is 5.32 Å². The zero-order valence-electron chi connectivity index (χ0n) is 8.49. The Labute approximate surface area is 87.9 Å². The fourth-order valence-corrected chi connectivity index (χ4v) is 1.56. The van der Waals surface area contributed by atoms with Crippen molar-refractivity contribution in [2.45, 2.75) is 13.0 Å². The fourth-order valence-electron chi connectivity index (χ4n) is 1.56. The summed E-state index contributed by atoms with van der Waals surface area (Å²) in [7, 11) is 0. The first kappa shape index (κ1) is 9.98. The SMILES string of the molecule is Cc1c(NC2COC2)cccc1C(=O)O. The molecule has 0 unspecified atom stereocenters. The number of carboxylic acids is 1. The van der Waals surface area contributed by atoms with E-state index in [1.807, 2.05) is 13.0 Å². The van der Waals surface area contributed by atoms with Crippen molar-refractivity contribution in [1.82, 2.24) is 0 Å². The van der Waals surface area contributed by atoms with Crippen LogP contribution in [0.2, 0.25) is 0 Å². The second-order valence-corrected chi connectivity index (χ2v) is 3.66. The molecule has 0 spiro atoms. The summed E-state index contributed by atoms with van der Waals surface area (Å²) < 4.78 is 5.05. The Balaban J connectivity index is 2.22. The zero-order chi connectivity index (χ0) is 10.8. The first-order chi connectivity index (χ1) is 7.18. The van der Waals surface area contributed by atoms with Gasteiger partial charge in [0, 0.05) is 5.69 Å². The fraction of sp³-hybridized carbons (Fsp3) is 0.364. The minimum Gasteiger partial charge on any atom is -0.478 e. The van der Waals surface area contributed by atoms with Crippen LogP contribution in [0.1, 0.15) is 15.9 Å². The molecule has 1 fully saturated rings. The summed E-state index contributed by atoms with van der Waals surface area (Å²) in [6, 6.07) is 5.56. The smallest absolute Gasteiger partial charge is 0.336 e. The third-order valence-corrected chi connectivity index (χ3v) is 2.56. The number of nitrogens with one attached hydrogen (secondary N) is 1. The van der Waals surface area contributed by atoms with Crippen LogP contribution in [0.5, 0.6) is 0 Å². The van der Waals surface area contributed by atoms with Crippen LogP contribution in [0.4, 0.5) is 5.69 Å². The third kappa shape index (κ3) is 1.94. The highest BCUT2D eigenvalue weighted by Gasteiger charge is 2.19.